The number of methoxy groups -OCH3 is 1. The molecule has 0 N–H and O–H groups in total. The minimum atomic E-state index is 0.539. The smallest absolute Gasteiger partial charge is 0.221 e. The second-order valence-electron chi connectivity index (χ2n) is 6.38. The van der Waals surface area contributed by atoms with E-state index in [-0.39, 0.29) is 0 Å². The highest BCUT2D eigenvalue weighted by molar-refractivity contribution is 7.19. The third-order valence-corrected chi connectivity index (χ3v) is 5.56. The van der Waals surface area contributed by atoms with Crippen LogP contribution in [0.2, 0.25) is 0 Å². The lowest BCUT2D eigenvalue weighted by atomic mass is 10.2. The standard InChI is InChI=1S/C19H17N7OS/c1-27-7-6-25-11-14(9-21-25)16-10-20-18-19(22-16)26(24-23-18)12-15-8-13-4-2-3-5-17(13)28-15/h2-5,8-11H,6-7,12H2,1H3. The number of aromatic nitrogens is 7. The van der Waals surface area contributed by atoms with Gasteiger partial charge in [0.25, 0.3) is 0 Å². The fourth-order valence-corrected chi connectivity index (χ4v) is 4.11. The van der Waals surface area contributed by atoms with Crippen molar-refractivity contribution in [2.45, 2.75) is 13.1 Å². The van der Waals surface area contributed by atoms with Crippen LogP contribution >= 0.6 is 11.3 Å². The van der Waals surface area contributed by atoms with E-state index in [0.29, 0.717) is 31.0 Å². The summed E-state index contributed by atoms with van der Waals surface area (Å²) in [6.07, 6.45) is 5.43. The molecule has 0 amide bonds. The first-order valence-corrected chi connectivity index (χ1v) is 9.67. The molecule has 140 valence electrons. The van der Waals surface area contributed by atoms with Crippen LogP contribution in [-0.2, 0) is 17.8 Å². The average molecular weight is 391 g/mol. The maximum absolute atomic E-state index is 5.09. The van der Waals surface area contributed by atoms with E-state index < -0.39 is 0 Å². The lowest BCUT2D eigenvalue weighted by molar-refractivity contribution is 0.183. The van der Waals surface area contributed by atoms with Gasteiger partial charge in [0, 0.05) is 28.4 Å². The van der Waals surface area contributed by atoms with Crippen LogP contribution in [0.3, 0.4) is 0 Å². The molecule has 0 fully saturated rings. The topological polar surface area (TPSA) is 83.5 Å². The normalized spacial score (nSPS) is 11.6. The minimum absolute atomic E-state index is 0.539. The van der Waals surface area contributed by atoms with Gasteiger partial charge in [-0.15, -0.1) is 16.4 Å². The molecule has 0 aliphatic rings. The molecule has 4 heterocycles. The van der Waals surface area contributed by atoms with Crippen molar-refractivity contribution in [3.05, 3.63) is 53.8 Å². The van der Waals surface area contributed by atoms with Gasteiger partial charge in [0.2, 0.25) is 5.65 Å². The Kier molecular flexibility index (Phi) is 4.30. The predicted molar refractivity (Wildman–Crippen MR) is 107 cm³/mol. The average Bonchev–Trinajstić information content (AvgIpc) is 3.44. The Hall–Kier alpha value is -3.17. The first-order chi connectivity index (χ1) is 13.8. The van der Waals surface area contributed by atoms with Gasteiger partial charge >= 0.3 is 0 Å². The van der Waals surface area contributed by atoms with Crippen LogP contribution in [0.5, 0.6) is 0 Å². The van der Waals surface area contributed by atoms with Crippen molar-refractivity contribution in [1.82, 2.24) is 34.7 Å². The van der Waals surface area contributed by atoms with Crippen molar-refractivity contribution in [1.29, 1.82) is 0 Å². The van der Waals surface area contributed by atoms with Gasteiger partial charge in [0.05, 0.1) is 37.8 Å². The summed E-state index contributed by atoms with van der Waals surface area (Å²) in [6, 6.07) is 10.5. The number of thiophene rings is 1. The van der Waals surface area contributed by atoms with Crippen LogP contribution in [0.25, 0.3) is 32.6 Å². The van der Waals surface area contributed by atoms with Crippen molar-refractivity contribution in [3.63, 3.8) is 0 Å². The summed E-state index contributed by atoms with van der Waals surface area (Å²) >= 11 is 1.75. The Morgan fingerprint density at radius 1 is 1.18 bits per heavy atom. The van der Waals surface area contributed by atoms with E-state index in [9.17, 15) is 0 Å². The molecule has 0 radical (unpaired) electrons. The summed E-state index contributed by atoms with van der Waals surface area (Å²) in [5.41, 5.74) is 2.85. The van der Waals surface area contributed by atoms with Crippen LogP contribution in [0, 0.1) is 0 Å². The zero-order chi connectivity index (χ0) is 18.9. The summed E-state index contributed by atoms with van der Waals surface area (Å²) in [4.78, 5) is 10.4. The van der Waals surface area contributed by atoms with Crippen LogP contribution < -0.4 is 0 Å². The van der Waals surface area contributed by atoms with Crippen molar-refractivity contribution in [2.24, 2.45) is 0 Å². The van der Waals surface area contributed by atoms with Crippen LogP contribution in [0.1, 0.15) is 4.88 Å². The molecule has 5 aromatic rings. The van der Waals surface area contributed by atoms with Gasteiger partial charge in [-0.2, -0.15) is 5.10 Å². The fraction of sp³-hybridized carbons (Fsp3) is 0.211. The van der Waals surface area contributed by atoms with Crippen LogP contribution in [0.15, 0.2) is 48.9 Å². The third-order valence-electron chi connectivity index (χ3n) is 4.46. The number of rotatable bonds is 6. The Balaban J connectivity index is 1.47. The number of ether oxygens (including phenoxy) is 1. The van der Waals surface area contributed by atoms with Gasteiger partial charge in [0.15, 0.2) is 5.65 Å². The maximum atomic E-state index is 5.09. The van der Waals surface area contributed by atoms with Crippen LogP contribution in [0.4, 0.5) is 0 Å². The Bertz CT molecular complexity index is 1220. The highest BCUT2D eigenvalue weighted by atomic mass is 32.1. The zero-order valence-electron chi connectivity index (χ0n) is 15.2. The van der Waals surface area contributed by atoms with Crippen LogP contribution in [-0.4, -0.2) is 48.5 Å². The fourth-order valence-electron chi connectivity index (χ4n) is 3.07. The molecule has 0 saturated heterocycles. The summed E-state index contributed by atoms with van der Waals surface area (Å²) in [5.74, 6) is 0. The second kappa shape index (κ2) is 7.10. The van der Waals surface area contributed by atoms with Crippen molar-refractivity contribution < 1.29 is 4.74 Å². The Morgan fingerprint density at radius 2 is 2.11 bits per heavy atom. The van der Waals surface area contributed by atoms with E-state index in [4.69, 9.17) is 9.72 Å². The molecule has 0 unspecified atom stereocenters. The van der Waals surface area contributed by atoms with Gasteiger partial charge in [-0.1, -0.05) is 23.4 Å². The summed E-state index contributed by atoms with van der Waals surface area (Å²) < 4.78 is 9.98. The van der Waals surface area contributed by atoms with Crippen molar-refractivity contribution in [2.75, 3.05) is 13.7 Å². The predicted octanol–water partition coefficient (Wildman–Crippen LogP) is 2.99. The second-order valence-corrected chi connectivity index (χ2v) is 7.55. The maximum Gasteiger partial charge on any atom is 0.221 e. The number of benzene rings is 1. The number of fused-ring (bicyclic) bond motifs is 2. The zero-order valence-corrected chi connectivity index (χ0v) is 16.0. The molecular formula is C19H17N7OS. The molecule has 4 aromatic heterocycles. The molecule has 0 bridgehead atoms. The van der Waals surface area contributed by atoms with Crippen molar-refractivity contribution in [3.8, 4) is 11.3 Å². The largest absolute Gasteiger partial charge is 0.383 e. The molecule has 9 heteroatoms. The van der Waals surface area contributed by atoms with Gasteiger partial charge in [-0.05, 0) is 17.5 Å². The van der Waals surface area contributed by atoms with E-state index in [1.165, 1.54) is 15.0 Å². The Morgan fingerprint density at radius 3 is 3.00 bits per heavy atom. The van der Waals surface area contributed by atoms with Gasteiger partial charge in [-0.3, -0.25) is 4.68 Å². The summed E-state index contributed by atoms with van der Waals surface area (Å²) in [7, 11) is 1.68. The molecule has 0 aliphatic carbocycles. The quantitative estimate of drug-likeness (QED) is 0.442. The van der Waals surface area contributed by atoms with E-state index >= 15 is 0 Å². The molecule has 28 heavy (non-hydrogen) atoms. The molecule has 0 atom stereocenters. The molecule has 0 spiro atoms. The highest BCUT2D eigenvalue weighted by Gasteiger charge is 2.12. The molecule has 8 nitrogen and oxygen atoms in total. The first-order valence-electron chi connectivity index (χ1n) is 8.85. The van der Waals surface area contributed by atoms with E-state index in [2.05, 4.69) is 44.7 Å². The molecule has 0 aliphatic heterocycles. The highest BCUT2D eigenvalue weighted by Crippen LogP contribution is 2.26. The summed E-state index contributed by atoms with van der Waals surface area (Å²) in [5, 5.41) is 14.0. The lowest BCUT2D eigenvalue weighted by Crippen LogP contribution is -2.04. The van der Waals surface area contributed by atoms with E-state index in [1.807, 2.05) is 16.9 Å². The third kappa shape index (κ3) is 3.14. The number of hydrogen-bond acceptors (Lipinski definition) is 7. The SMILES string of the molecule is COCCn1cc(-c2cnc3nnn(Cc4cc5ccccc5s4)c3n2)cn1. The number of nitrogens with zero attached hydrogens (tertiary/aromatic N) is 7. The first kappa shape index (κ1) is 17.0. The van der Waals surface area contributed by atoms with E-state index in [1.54, 1.807) is 35.5 Å². The van der Waals surface area contributed by atoms with Gasteiger partial charge in [0.1, 0.15) is 0 Å². The monoisotopic (exact) mass is 391 g/mol. The van der Waals surface area contributed by atoms with E-state index in [0.717, 1.165) is 11.3 Å². The Labute approximate surface area is 164 Å². The van der Waals surface area contributed by atoms with Crippen molar-refractivity contribution >= 4 is 32.7 Å². The van der Waals surface area contributed by atoms with Gasteiger partial charge in [-0.25, -0.2) is 14.6 Å². The molecule has 0 saturated carbocycles. The molecule has 1 aromatic carbocycles. The minimum Gasteiger partial charge on any atom is -0.383 e. The van der Waals surface area contributed by atoms with Gasteiger partial charge < -0.3 is 4.74 Å². The number of hydrogen-bond donors (Lipinski definition) is 0. The molecule has 5 rings (SSSR count). The summed E-state index contributed by atoms with van der Waals surface area (Å²) in [6.45, 7) is 1.91. The lowest BCUT2D eigenvalue weighted by Gasteiger charge is -2.01. The molecular weight excluding hydrogens is 374 g/mol.